The van der Waals surface area contributed by atoms with E-state index in [-0.39, 0.29) is 5.91 Å². The predicted molar refractivity (Wildman–Crippen MR) is 79.2 cm³/mol. The number of carbonyl (C=O) groups excluding carboxylic acids is 1. The first kappa shape index (κ1) is 14.3. The molecule has 5 heteroatoms. The molecule has 2 rings (SSSR count). The molecule has 1 aliphatic heterocycles. The molecule has 1 atom stereocenters. The average molecular weight is 327 g/mol. The zero-order valence-electron chi connectivity index (χ0n) is 11.3. The Bertz CT molecular complexity index is 477. The van der Waals surface area contributed by atoms with E-state index in [1.54, 1.807) is 11.8 Å². The quantitative estimate of drug-likeness (QED) is 0.905. The maximum Gasteiger partial charge on any atom is 0.241 e. The fourth-order valence-electron chi connectivity index (χ4n) is 2.34. The van der Waals surface area contributed by atoms with E-state index in [1.807, 2.05) is 25.2 Å². The number of hydrogen-bond donors (Lipinski definition) is 1. The molecule has 0 spiro atoms. The molecule has 4 nitrogen and oxygen atoms in total. The third-order valence-electron chi connectivity index (χ3n) is 3.45. The summed E-state index contributed by atoms with van der Waals surface area (Å²) in [4.78, 5) is 15.8. The Morgan fingerprint density at radius 1 is 1.37 bits per heavy atom. The van der Waals surface area contributed by atoms with Crippen LogP contribution in [0.4, 0.5) is 5.69 Å². The SMILES string of the molecule is CC(O)c1cc(Br)ccc1N1CCCN(C)C(=O)C1. The highest BCUT2D eigenvalue weighted by Crippen LogP contribution is 2.30. The molecule has 0 bridgehead atoms. The second-order valence-corrected chi connectivity index (χ2v) is 5.89. The summed E-state index contributed by atoms with van der Waals surface area (Å²) in [5, 5.41) is 9.90. The number of halogens is 1. The maximum absolute atomic E-state index is 12.0. The highest BCUT2D eigenvalue weighted by atomic mass is 79.9. The van der Waals surface area contributed by atoms with E-state index in [1.165, 1.54) is 0 Å². The first-order chi connectivity index (χ1) is 8.99. The normalized spacial score (nSPS) is 18.4. The second kappa shape index (κ2) is 5.92. The Kier molecular flexibility index (Phi) is 4.47. The molecule has 1 heterocycles. The molecule has 1 unspecified atom stereocenters. The van der Waals surface area contributed by atoms with Gasteiger partial charge in [0.25, 0.3) is 0 Å². The summed E-state index contributed by atoms with van der Waals surface area (Å²) in [6.07, 6.45) is 0.390. The monoisotopic (exact) mass is 326 g/mol. The molecule has 1 amide bonds. The van der Waals surface area contributed by atoms with Gasteiger partial charge in [0.1, 0.15) is 0 Å². The van der Waals surface area contributed by atoms with Crippen LogP contribution in [0.1, 0.15) is 25.0 Å². The summed E-state index contributed by atoms with van der Waals surface area (Å²) >= 11 is 3.42. The molecule has 0 radical (unpaired) electrons. The summed E-state index contributed by atoms with van der Waals surface area (Å²) in [7, 11) is 1.84. The van der Waals surface area contributed by atoms with Gasteiger partial charge >= 0.3 is 0 Å². The lowest BCUT2D eigenvalue weighted by Gasteiger charge is -2.26. The Balaban J connectivity index is 2.32. The van der Waals surface area contributed by atoms with Crippen LogP contribution in [-0.2, 0) is 4.79 Å². The van der Waals surface area contributed by atoms with Crippen LogP contribution >= 0.6 is 15.9 Å². The summed E-state index contributed by atoms with van der Waals surface area (Å²) in [5.41, 5.74) is 1.80. The van der Waals surface area contributed by atoms with Crippen molar-refractivity contribution in [2.75, 3.05) is 31.6 Å². The lowest BCUT2D eigenvalue weighted by molar-refractivity contribution is -0.127. The fourth-order valence-corrected chi connectivity index (χ4v) is 2.72. The van der Waals surface area contributed by atoms with Crippen LogP contribution in [0.25, 0.3) is 0 Å². The third kappa shape index (κ3) is 3.28. The van der Waals surface area contributed by atoms with E-state index in [2.05, 4.69) is 20.8 Å². The van der Waals surface area contributed by atoms with Crippen molar-refractivity contribution in [3.8, 4) is 0 Å². The van der Waals surface area contributed by atoms with Crippen molar-refractivity contribution in [3.05, 3.63) is 28.2 Å². The van der Waals surface area contributed by atoms with Crippen LogP contribution in [0.15, 0.2) is 22.7 Å². The minimum absolute atomic E-state index is 0.122. The molecular weight excluding hydrogens is 308 g/mol. The Labute approximate surface area is 122 Å². The lowest BCUT2D eigenvalue weighted by atomic mass is 10.1. The zero-order valence-corrected chi connectivity index (χ0v) is 12.9. The van der Waals surface area contributed by atoms with Gasteiger partial charge in [-0.25, -0.2) is 0 Å². The number of hydrogen-bond acceptors (Lipinski definition) is 3. The van der Waals surface area contributed by atoms with Crippen molar-refractivity contribution in [1.82, 2.24) is 4.90 Å². The van der Waals surface area contributed by atoms with Gasteiger partial charge in [-0.3, -0.25) is 4.79 Å². The molecule has 0 aromatic heterocycles. The van der Waals surface area contributed by atoms with Gasteiger partial charge in [-0.1, -0.05) is 15.9 Å². The molecule has 0 aliphatic carbocycles. The molecule has 104 valence electrons. The molecule has 1 aromatic carbocycles. The highest BCUT2D eigenvalue weighted by molar-refractivity contribution is 9.10. The number of anilines is 1. The molecule has 1 aromatic rings. The van der Waals surface area contributed by atoms with Gasteiger partial charge in [-0.15, -0.1) is 0 Å². The van der Waals surface area contributed by atoms with Crippen LogP contribution in [0.3, 0.4) is 0 Å². The summed E-state index contributed by atoms with van der Waals surface area (Å²) < 4.78 is 0.936. The van der Waals surface area contributed by atoms with Gasteiger partial charge in [0.05, 0.1) is 12.6 Å². The number of rotatable bonds is 2. The van der Waals surface area contributed by atoms with Crippen molar-refractivity contribution in [3.63, 3.8) is 0 Å². The number of benzene rings is 1. The topological polar surface area (TPSA) is 43.8 Å². The lowest BCUT2D eigenvalue weighted by Crippen LogP contribution is -2.34. The third-order valence-corrected chi connectivity index (χ3v) is 3.95. The molecule has 1 fully saturated rings. The average Bonchev–Trinajstić information content (AvgIpc) is 2.52. The number of likely N-dealkylation sites (N-methyl/N-ethyl adjacent to an activating group) is 1. The largest absolute Gasteiger partial charge is 0.389 e. The van der Waals surface area contributed by atoms with Gasteiger partial charge in [0, 0.05) is 35.9 Å². The first-order valence-corrected chi connectivity index (χ1v) is 7.25. The first-order valence-electron chi connectivity index (χ1n) is 6.45. The number of amides is 1. The van der Waals surface area contributed by atoms with Crippen LogP contribution in [-0.4, -0.2) is 42.6 Å². The van der Waals surface area contributed by atoms with E-state index in [4.69, 9.17) is 0 Å². The van der Waals surface area contributed by atoms with E-state index in [0.29, 0.717) is 6.54 Å². The standard InChI is InChI=1S/C14H19BrN2O2/c1-10(18)12-8-11(15)4-5-13(12)17-7-3-6-16(2)14(19)9-17/h4-5,8,10,18H,3,6-7,9H2,1-2H3. The van der Waals surface area contributed by atoms with Crippen molar-refractivity contribution in [2.45, 2.75) is 19.4 Å². The second-order valence-electron chi connectivity index (χ2n) is 4.97. The van der Waals surface area contributed by atoms with Gasteiger partial charge < -0.3 is 14.9 Å². The van der Waals surface area contributed by atoms with Crippen LogP contribution in [0.5, 0.6) is 0 Å². The van der Waals surface area contributed by atoms with E-state index >= 15 is 0 Å². The van der Waals surface area contributed by atoms with Crippen molar-refractivity contribution in [2.24, 2.45) is 0 Å². The van der Waals surface area contributed by atoms with Crippen molar-refractivity contribution >= 4 is 27.5 Å². The molecule has 19 heavy (non-hydrogen) atoms. The zero-order chi connectivity index (χ0) is 14.0. The highest BCUT2D eigenvalue weighted by Gasteiger charge is 2.22. The van der Waals surface area contributed by atoms with Crippen molar-refractivity contribution in [1.29, 1.82) is 0 Å². The van der Waals surface area contributed by atoms with Gasteiger partial charge in [0.2, 0.25) is 5.91 Å². The minimum atomic E-state index is -0.552. The number of aliphatic hydroxyl groups is 1. The Morgan fingerprint density at radius 3 is 2.79 bits per heavy atom. The minimum Gasteiger partial charge on any atom is -0.389 e. The van der Waals surface area contributed by atoms with E-state index in [0.717, 1.165) is 35.2 Å². The Hall–Kier alpha value is -1.07. The number of nitrogens with zero attached hydrogens (tertiary/aromatic N) is 2. The number of aliphatic hydroxyl groups excluding tert-OH is 1. The summed E-state index contributed by atoms with van der Waals surface area (Å²) in [6, 6.07) is 5.82. The van der Waals surface area contributed by atoms with Crippen molar-refractivity contribution < 1.29 is 9.90 Å². The van der Waals surface area contributed by atoms with Crippen LogP contribution in [0, 0.1) is 0 Å². The van der Waals surface area contributed by atoms with Gasteiger partial charge in [-0.2, -0.15) is 0 Å². The van der Waals surface area contributed by atoms with E-state index < -0.39 is 6.10 Å². The van der Waals surface area contributed by atoms with Crippen LogP contribution in [0.2, 0.25) is 0 Å². The molecule has 0 saturated carbocycles. The number of carbonyl (C=O) groups is 1. The van der Waals surface area contributed by atoms with Gasteiger partial charge in [0.15, 0.2) is 0 Å². The smallest absolute Gasteiger partial charge is 0.241 e. The molecule has 1 N–H and O–H groups in total. The Morgan fingerprint density at radius 2 is 2.11 bits per heavy atom. The van der Waals surface area contributed by atoms with Gasteiger partial charge in [-0.05, 0) is 31.5 Å². The molecular formula is C14H19BrN2O2. The molecule has 1 saturated heterocycles. The van der Waals surface area contributed by atoms with E-state index in [9.17, 15) is 9.90 Å². The predicted octanol–water partition coefficient (Wildman–Crippen LogP) is 2.17. The maximum atomic E-state index is 12.0. The summed E-state index contributed by atoms with van der Waals surface area (Å²) in [6.45, 7) is 3.74. The summed E-state index contributed by atoms with van der Waals surface area (Å²) in [5.74, 6) is 0.122. The van der Waals surface area contributed by atoms with Crippen LogP contribution < -0.4 is 4.90 Å². The fraction of sp³-hybridized carbons (Fsp3) is 0.500. The molecule has 1 aliphatic rings.